The molecule has 0 aliphatic carbocycles. The summed E-state index contributed by atoms with van der Waals surface area (Å²) in [6, 6.07) is 10.7. The highest BCUT2D eigenvalue weighted by molar-refractivity contribution is 5.88. The quantitative estimate of drug-likeness (QED) is 0.457. The Morgan fingerprint density at radius 1 is 1.08 bits per heavy atom. The number of urea groups is 1. The molecule has 202 valence electrons. The van der Waals surface area contributed by atoms with Gasteiger partial charge in [-0.3, -0.25) is 4.90 Å². The molecule has 1 aromatic heterocycles. The Morgan fingerprint density at radius 3 is 2.45 bits per heavy atom. The number of aromatic nitrogens is 2. The molecular weight excluding hydrogens is 507 g/mol. The van der Waals surface area contributed by atoms with Gasteiger partial charge in [0.1, 0.15) is 12.4 Å². The number of aliphatic hydroxyl groups is 1. The molecule has 0 bridgehead atoms. The molecular formula is C25H26F3N5O5. The maximum Gasteiger partial charge on any atom is 0.417 e. The SMILES string of the molecule is CN(C(=O)O)c1nc2ccc(-c3ccc4c(c3)CN(C(=O)N3CCC(O)(C(F)(F)F)CC3)CCO4)cc2[nH]1. The number of aromatic amines is 1. The third-order valence-corrected chi connectivity index (χ3v) is 7.11. The number of hydrogen-bond acceptors (Lipinski definition) is 5. The smallest absolute Gasteiger partial charge is 0.417 e. The molecule has 0 unspecified atom stereocenters. The lowest BCUT2D eigenvalue weighted by atomic mass is 9.91. The molecule has 38 heavy (non-hydrogen) atoms. The molecule has 2 aromatic carbocycles. The van der Waals surface area contributed by atoms with Crippen LogP contribution in [0.4, 0.5) is 28.7 Å². The highest BCUT2D eigenvalue weighted by Crippen LogP contribution is 2.39. The van der Waals surface area contributed by atoms with Crippen molar-refractivity contribution in [2.45, 2.75) is 31.2 Å². The molecule has 0 saturated carbocycles. The lowest BCUT2D eigenvalue weighted by Crippen LogP contribution is -2.56. The molecule has 0 atom stereocenters. The fourth-order valence-electron chi connectivity index (χ4n) is 4.71. The van der Waals surface area contributed by atoms with E-state index in [1.165, 1.54) is 11.9 Å². The average Bonchev–Trinajstić information content (AvgIpc) is 3.19. The molecule has 2 aliphatic rings. The lowest BCUT2D eigenvalue weighted by molar-refractivity contribution is -0.271. The van der Waals surface area contributed by atoms with Crippen molar-refractivity contribution in [2.24, 2.45) is 0 Å². The number of benzene rings is 2. The topological polar surface area (TPSA) is 122 Å². The number of imidazole rings is 1. The minimum absolute atomic E-state index is 0.192. The largest absolute Gasteiger partial charge is 0.491 e. The maximum atomic E-state index is 13.2. The number of alkyl halides is 3. The van der Waals surface area contributed by atoms with Crippen LogP contribution < -0.4 is 9.64 Å². The van der Waals surface area contributed by atoms with Crippen molar-refractivity contribution in [3.8, 4) is 16.9 Å². The van der Waals surface area contributed by atoms with E-state index in [1.54, 1.807) is 11.0 Å². The summed E-state index contributed by atoms with van der Waals surface area (Å²) in [5, 5.41) is 19.1. The van der Waals surface area contributed by atoms with Crippen LogP contribution in [0.5, 0.6) is 5.75 Å². The molecule has 1 fully saturated rings. The van der Waals surface area contributed by atoms with E-state index in [2.05, 4.69) is 9.97 Å². The molecule has 0 spiro atoms. The van der Waals surface area contributed by atoms with Crippen LogP contribution in [-0.2, 0) is 6.54 Å². The van der Waals surface area contributed by atoms with E-state index in [0.717, 1.165) is 21.6 Å². The first-order valence-corrected chi connectivity index (χ1v) is 12.0. The normalized spacial score (nSPS) is 17.5. The van der Waals surface area contributed by atoms with Gasteiger partial charge in [0.25, 0.3) is 0 Å². The number of nitrogens with one attached hydrogen (secondary N) is 1. The van der Waals surface area contributed by atoms with Gasteiger partial charge in [-0.25, -0.2) is 14.6 Å². The van der Waals surface area contributed by atoms with Crippen LogP contribution in [0.3, 0.4) is 0 Å². The van der Waals surface area contributed by atoms with Crippen LogP contribution in [0.1, 0.15) is 18.4 Å². The number of ether oxygens (including phenoxy) is 1. The number of likely N-dealkylation sites (tertiary alicyclic amines) is 1. The van der Waals surface area contributed by atoms with E-state index in [9.17, 15) is 33.0 Å². The van der Waals surface area contributed by atoms with Gasteiger partial charge >= 0.3 is 18.3 Å². The van der Waals surface area contributed by atoms with Crippen LogP contribution >= 0.6 is 0 Å². The zero-order valence-corrected chi connectivity index (χ0v) is 20.5. The van der Waals surface area contributed by atoms with E-state index in [1.807, 2.05) is 30.3 Å². The number of H-pyrrole nitrogens is 1. The highest BCUT2D eigenvalue weighted by atomic mass is 19.4. The minimum atomic E-state index is -4.74. The summed E-state index contributed by atoms with van der Waals surface area (Å²) in [5.41, 5.74) is 0.890. The number of halogens is 3. The lowest BCUT2D eigenvalue weighted by Gasteiger charge is -2.40. The summed E-state index contributed by atoms with van der Waals surface area (Å²) >= 11 is 0. The standard InChI is InChI=1S/C25H26F3N5O5/c1-31(23(35)36)21-29-18-4-2-16(13-19(18)30-21)15-3-5-20-17(12-15)14-33(10-11-38-20)22(34)32-8-6-24(37,7-9-32)25(26,27)28/h2-5,12-13,37H,6-11,14H2,1H3,(H,29,30)(H,35,36). The number of carboxylic acid groups (broad SMARTS) is 1. The number of carbonyl (C=O) groups is 2. The van der Waals surface area contributed by atoms with Gasteiger partial charge < -0.3 is 29.7 Å². The third kappa shape index (κ3) is 4.69. The number of fused-ring (bicyclic) bond motifs is 2. The fraction of sp³-hybridized carbons (Fsp3) is 0.400. The molecule has 3 N–H and O–H groups in total. The third-order valence-electron chi connectivity index (χ3n) is 7.11. The molecule has 13 heteroatoms. The Bertz CT molecular complexity index is 1380. The van der Waals surface area contributed by atoms with Gasteiger partial charge in [-0.2, -0.15) is 13.2 Å². The Balaban J connectivity index is 1.34. The van der Waals surface area contributed by atoms with Crippen LogP contribution in [0, 0.1) is 0 Å². The number of nitrogens with zero attached hydrogens (tertiary/aromatic N) is 4. The Kier molecular flexibility index (Phi) is 6.33. The highest BCUT2D eigenvalue weighted by Gasteiger charge is 2.55. The van der Waals surface area contributed by atoms with E-state index in [-0.39, 0.29) is 38.7 Å². The summed E-state index contributed by atoms with van der Waals surface area (Å²) in [6.07, 6.45) is -7.00. The van der Waals surface area contributed by atoms with Gasteiger partial charge in [0.15, 0.2) is 5.60 Å². The molecule has 0 radical (unpaired) electrons. The number of rotatable bonds is 2. The number of carbonyl (C=O) groups excluding carboxylic acids is 1. The molecule has 2 aliphatic heterocycles. The van der Waals surface area contributed by atoms with Gasteiger partial charge in [0.05, 0.1) is 24.1 Å². The first kappa shape index (κ1) is 25.6. The first-order valence-electron chi connectivity index (χ1n) is 12.0. The fourth-order valence-corrected chi connectivity index (χ4v) is 4.71. The zero-order valence-electron chi connectivity index (χ0n) is 20.5. The second-order valence-electron chi connectivity index (χ2n) is 9.53. The van der Waals surface area contributed by atoms with Gasteiger partial charge in [-0.1, -0.05) is 12.1 Å². The van der Waals surface area contributed by atoms with Crippen molar-refractivity contribution >= 4 is 29.1 Å². The first-order chi connectivity index (χ1) is 17.9. The number of anilines is 1. The van der Waals surface area contributed by atoms with Crippen molar-refractivity contribution < 1.29 is 37.7 Å². The summed E-state index contributed by atoms with van der Waals surface area (Å²) in [7, 11) is 1.39. The molecule has 3 heterocycles. The van der Waals surface area contributed by atoms with Gasteiger partial charge in [-0.05, 0) is 35.4 Å². The van der Waals surface area contributed by atoms with Crippen molar-refractivity contribution in [3.05, 3.63) is 42.0 Å². The molecule has 3 aromatic rings. The van der Waals surface area contributed by atoms with Crippen LogP contribution in [0.15, 0.2) is 36.4 Å². The predicted molar refractivity (Wildman–Crippen MR) is 131 cm³/mol. The summed E-state index contributed by atoms with van der Waals surface area (Å²) < 4.78 is 45.3. The van der Waals surface area contributed by atoms with Crippen molar-refractivity contribution in [1.29, 1.82) is 0 Å². The van der Waals surface area contributed by atoms with Gasteiger partial charge in [0, 0.05) is 38.5 Å². The average molecular weight is 534 g/mol. The van der Waals surface area contributed by atoms with Crippen LogP contribution in [0.2, 0.25) is 0 Å². The Labute approximate surface area is 215 Å². The van der Waals surface area contributed by atoms with Gasteiger partial charge in [0.2, 0.25) is 5.95 Å². The zero-order chi connectivity index (χ0) is 27.2. The monoisotopic (exact) mass is 533 g/mol. The molecule has 10 nitrogen and oxygen atoms in total. The van der Waals surface area contributed by atoms with Crippen LogP contribution in [-0.4, -0.2) is 87.2 Å². The van der Waals surface area contributed by atoms with Crippen molar-refractivity contribution in [1.82, 2.24) is 19.8 Å². The number of hydrogen-bond donors (Lipinski definition) is 3. The second-order valence-corrected chi connectivity index (χ2v) is 9.53. The van der Waals surface area contributed by atoms with E-state index >= 15 is 0 Å². The summed E-state index contributed by atoms with van der Waals surface area (Å²) in [6.45, 7) is 0.327. The van der Waals surface area contributed by atoms with Crippen molar-refractivity contribution in [2.75, 3.05) is 38.2 Å². The second kappa shape index (κ2) is 9.39. The van der Waals surface area contributed by atoms with E-state index in [0.29, 0.717) is 16.8 Å². The van der Waals surface area contributed by atoms with E-state index in [4.69, 9.17) is 4.74 Å². The molecule has 5 rings (SSSR count). The number of piperidine rings is 1. The number of amides is 3. The van der Waals surface area contributed by atoms with Gasteiger partial charge in [-0.15, -0.1) is 0 Å². The predicted octanol–water partition coefficient (Wildman–Crippen LogP) is 4.05. The van der Waals surface area contributed by atoms with Crippen LogP contribution in [0.25, 0.3) is 22.2 Å². The van der Waals surface area contributed by atoms with E-state index < -0.39 is 36.7 Å². The Morgan fingerprint density at radius 2 is 1.76 bits per heavy atom. The molecule has 3 amide bonds. The minimum Gasteiger partial charge on any atom is -0.491 e. The molecule has 1 saturated heterocycles. The Hall–Kier alpha value is -4.00. The van der Waals surface area contributed by atoms with Crippen molar-refractivity contribution in [3.63, 3.8) is 0 Å². The maximum absolute atomic E-state index is 13.2. The summed E-state index contributed by atoms with van der Waals surface area (Å²) in [4.78, 5) is 35.5. The summed E-state index contributed by atoms with van der Waals surface area (Å²) in [5.74, 6) is 0.808.